The zero-order valence-electron chi connectivity index (χ0n) is 11.4. The molecule has 0 bridgehead atoms. The smallest absolute Gasteiger partial charge is 0.136 e. The summed E-state index contributed by atoms with van der Waals surface area (Å²) in [6.45, 7) is 12.8. The number of halogens is 1. The molecule has 0 saturated heterocycles. The molecule has 0 N–H and O–H groups in total. The molecular formula is C13H21ClN2S. The fourth-order valence-electron chi connectivity index (χ4n) is 1.17. The van der Waals surface area contributed by atoms with Gasteiger partial charge < -0.3 is 0 Å². The third-order valence-corrected chi connectivity index (χ3v) is 4.72. The second kappa shape index (κ2) is 6.05. The zero-order valence-corrected chi connectivity index (χ0v) is 13.0. The lowest BCUT2D eigenvalue weighted by Crippen LogP contribution is -2.08. The highest BCUT2D eigenvalue weighted by atomic mass is 35.5. The predicted molar refractivity (Wildman–Crippen MR) is 76.0 cm³/mol. The van der Waals surface area contributed by atoms with Crippen molar-refractivity contribution < 1.29 is 0 Å². The van der Waals surface area contributed by atoms with Crippen LogP contribution in [0.25, 0.3) is 0 Å². The van der Waals surface area contributed by atoms with Gasteiger partial charge in [0.1, 0.15) is 16.0 Å². The van der Waals surface area contributed by atoms with Gasteiger partial charge in [-0.25, -0.2) is 9.97 Å². The van der Waals surface area contributed by atoms with Gasteiger partial charge in [0, 0.05) is 16.7 Å². The Balaban J connectivity index is 3.05. The van der Waals surface area contributed by atoms with E-state index in [2.05, 4.69) is 44.6 Å². The van der Waals surface area contributed by atoms with Gasteiger partial charge in [0.2, 0.25) is 0 Å². The van der Waals surface area contributed by atoms with Crippen LogP contribution < -0.4 is 0 Å². The van der Waals surface area contributed by atoms with Crippen LogP contribution in [0.15, 0.2) is 5.03 Å². The zero-order chi connectivity index (χ0) is 13.2. The van der Waals surface area contributed by atoms with Crippen molar-refractivity contribution in [2.45, 2.75) is 57.7 Å². The fraction of sp³-hybridized carbons (Fsp3) is 0.692. The Morgan fingerprint density at radius 1 is 1.06 bits per heavy atom. The van der Waals surface area contributed by atoms with E-state index in [1.807, 2.05) is 6.92 Å². The van der Waals surface area contributed by atoms with Gasteiger partial charge in [0.25, 0.3) is 0 Å². The minimum Gasteiger partial charge on any atom is -0.226 e. The van der Waals surface area contributed by atoms with Crippen LogP contribution >= 0.6 is 23.4 Å². The minimum atomic E-state index is 0.307. The maximum atomic E-state index is 6.16. The van der Waals surface area contributed by atoms with Gasteiger partial charge in [-0.05, 0) is 12.8 Å². The monoisotopic (exact) mass is 272 g/mol. The molecule has 0 aromatic carbocycles. The molecule has 0 amide bonds. The summed E-state index contributed by atoms with van der Waals surface area (Å²) in [6.07, 6.45) is 0. The molecule has 0 radical (unpaired) electrons. The van der Waals surface area contributed by atoms with E-state index in [9.17, 15) is 0 Å². The Hall–Kier alpha value is -0.280. The number of hydrogen-bond acceptors (Lipinski definition) is 3. The molecule has 1 heterocycles. The molecule has 0 aliphatic carbocycles. The molecule has 0 saturated carbocycles. The molecule has 4 heteroatoms. The van der Waals surface area contributed by atoms with E-state index in [0.717, 1.165) is 16.4 Å². The summed E-state index contributed by atoms with van der Waals surface area (Å²) in [5.74, 6) is 1.76. The molecule has 1 atom stereocenters. The molecule has 96 valence electrons. The van der Waals surface area contributed by atoms with Gasteiger partial charge in [-0.2, -0.15) is 0 Å². The molecule has 0 aliphatic rings. The van der Waals surface area contributed by atoms with E-state index in [0.29, 0.717) is 22.2 Å². The van der Waals surface area contributed by atoms with Crippen molar-refractivity contribution in [3.8, 4) is 0 Å². The third-order valence-electron chi connectivity index (χ3n) is 2.81. The summed E-state index contributed by atoms with van der Waals surface area (Å²) < 4.78 is 0. The summed E-state index contributed by atoms with van der Waals surface area (Å²) in [5.41, 5.74) is 0.994. The van der Waals surface area contributed by atoms with E-state index in [-0.39, 0.29) is 0 Å². The van der Waals surface area contributed by atoms with Crippen LogP contribution in [0, 0.1) is 12.8 Å². The van der Waals surface area contributed by atoms with Crippen molar-refractivity contribution in [2.75, 3.05) is 0 Å². The lowest BCUT2D eigenvalue weighted by Gasteiger charge is -2.17. The van der Waals surface area contributed by atoms with Crippen LogP contribution in [0.5, 0.6) is 0 Å². The van der Waals surface area contributed by atoms with Crippen molar-refractivity contribution in [1.29, 1.82) is 0 Å². The number of rotatable bonds is 4. The van der Waals surface area contributed by atoms with E-state index < -0.39 is 0 Å². The molecule has 1 aromatic heterocycles. The molecule has 1 aromatic rings. The van der Waals surface area contributed by atoms with E-state index in [4.69, 9.17) is 11.6 Å². The van der Waals surface area contributed by atoms with Crippen molar-refractivity contribution in [3.63, 3.8) is 0 Å². The quantitative estimate of drug-likeness (QED) is 0.587. The van der Waals surface area contributed by atoms with Crippen LogP contribution in [0.3, 0.4) is 0 Å². The molecule has 0 fully saturated rings. The number of thioether (sulfide) groups is 1. The topological polar surface area (TPSA) is 25.8 Å². The Morgan fingerprint density at radius 2 is 1.65 bits per heavy atom. The Labute approximate surface area is 114 Å². The molecule has 0 spiro atoms. The van der Waals surface area contributed by atoms with Gasteiger partial charge in [-0.15, -0.1) is 11.8 Å². The van der Waals surface area contributed by atoms with E-state index >= 15 is 0 Å². The second-order valence-electron chi connectivity index (χ2n) is 5.02. The summed E-state index contributed by atoms with van der Waals surface area (Å²) in [7, 11) is 0. The van der Waals surface area contributed by atoms with Crippen LogP contribution in [0.4, 0.5) is 0 Å². The summed E-state index contributed by atoms with van der Waals surface area (Å²) >= 11 is 7.95. The first-order chi connectivity index (χ1) is 7.82. The Bertz CT molecular complexity index is 391. The predicted octanol–water partition coefficient (Wildman–Crippen LogP) is 4.70. The first kappa shape index (κ1) is 14.8. The van der Waals surface area contributed by atoms with Crippen molar-refractivity contribution in [3.05, 3.63) is 16.5 Å². The average molecular weight is 273 g/mol. The number of nitrogens with zero attached hydrogens (tertiary/aromatic N) is 2. The van der Waals surface area contributed by atoms with Gasteiger partial charge in [-0.3, -0.25) is 0 Å². The maximum absolute atomic E-state index is 6.16. The Morgan fingerprint density at radius 3 is 2.12 bits per heavy atom. The van der Waals surface area contributed by atoms with Crippen LogP contribution in [-0.4, -0.2) is 15.2 Å². The average Bonchev–Trinajstić information content (AvgIpc) is 2.23. The third kappa shape index (κ3) is 3.85. The molecule has 2 nitrogen and oxygen atoms in total. The van der Waals surface area contributed by atoms with Crippen LogP contribution in [0.2, 0.25) is 5.15 Å². The fourth-order valence-corrected chi connectivity index (χ4v) is 2.45. The van der Waals surface area contributed by atoms with E-state index in [1.54, 1.807) is 11.8 Å². The van der Waals surface area contributed by atoms with Gasteiger partial charge in [0.15, 0.2) is 0 Å². The lowest BCUT2D eigenvalue weighted by atomic mass is 10.2. The lowest BCUT2D eigenvalue weighted by molar-refractivity contribution is 0.640. The van der Waals surface area contributed by atoms with Crippen LogP contribution in [0.1, 0.15) is 51.9 Å². The minimum absolute atomic E-state index is 0.307. The number of hydrogen-bond donors (Lipinski definition) is 0. The van der Waals surface area contributed by atoms with Gasteiger partial charge in [0.05, 0.1) is 0 Å². The highest BCUT2D eigenvalue weighted by molar-refractivity contribution is 7.99. The SMILES string of the molecule is Cc1c(Cl)nc(C(C)C)nc1SC(C)C(C)C. The summed E-state index contributed by atoms with van der Waals surface area (Å²) in [6, 6.07) is 0. The first-order valence-corrected chi connectivity index (χ1v) is 7.29. The Kier molecular flexibility index (Phi) is 5.26. The second-order valence-corrected chi connectivity index (χ2v) is 6.75. The standard InChI is InChI=1S/C13H21ClN2S/c1-7(2)10(6)17-13-9(5)11(14)15-12(16-13)8(3)4/h7-8,10H,1-6H3. The number of aromatic nitrogens is 2. The maximum Gasteiger partial charge on any atom is 0.136 e. The van der Waals surface area contributed by atoms with Crippen molar-refractivity contribution in [1.82, 2.24) is 9.97 Å². The molecule has 0 aliphatic heterocycles. The largest absolute Gasteiger partial charge is 0.226 e. The molecular weight excluding hydrogens is 252 g/mol. The summed E-state index contributed by atoms with van der Waals surface area (Å²) in [5, 5.41) is 2.14. The molecule has 17 heavy (non-hydrogen) atoms. The normalized spacial score (nSPS) is 13.5. The van der Waals surface area contributed by atoms with Crippen LogP contribution in [-0.2, 0) is 0 Å². The first-order valence-electron chi connectivity index (χ1n) is 6.03. The molecule has 1 unspecified atom stereocenters. The highest BCUT2D eigenvalue weighted by Gasteiger charge is 2.16. The molecule has 1 rings (SSSR count). The van der Waals surface area contributed by atoms with Crippen molar-refractivity contribution in [2.24, 2.45) is 5.92 Å². The van der Waals surface area contributed by atoms with Crippen molar-refractivity contribution >= 4 is 23.4 Å². The van der Waals surface area contributed by atoms with E-state index in [1.165, 1.54) is 0 Å². The summed E-state index contributed by atoms with van der Waals surface area (Å²) in [4.78, 5) is 8.95. The highest BCUT2D eigenvalue weighted by Crippen LogP contribution is 2.32. The van der Waals surface area contributed by atoms with Gasteiger partial charge >= 0.3 is 0 Å². The van der Waals surface area contributed by atoms with Gasteiger partial charge in [-0.1, -0.05) is 46.2 Å².